The van der Waals surface area contributed by atoms with Crippen LogP contribution in [0.1, 0.15) is 33.4 Å². The summed E-state index contributed by atoms with van der Waals surface area (Å²) in [5, 5.41) is 0. The molecule has 0 N–H and O–H groups in total. The molecule has 0 aliphatic heterocycles. The molecule has 0 aromatic heterocycles. The SMILES string of the molecule is Cc1ccc(N(c2ccccc2)c2ccc3c(c2)C(c2ccccc2)(c2ccccc2)c2cc(N(c4ccccc4)c4ccc(C)cc4)ccc2-3)cc1. The van der Waals surface area contributed by atoms with Crippen LogP contribution >= 0.6 is 0 Å². The second kappa shape index (κ2) is 13.5. The van der Waals surface area contributed by atoms with E-state index in [0.717, 1.165) is 34.1 Å². The maximum atomic E-state index is 2.44. The lowest BCUT2D eigenvalue weighted by atomic mass is 9.67. The molecule has 9 rings (SSSR count). The molecule has 0 heterocycles. The summed E-state index contributed by atoms with van der Waals surface area (Å²) >= 11 is 0. The molecule has 1 aliphatic rings. The van der Waals surface area contributed by atoms with Gasteiger partial charge in [0.25, 0.3) is 0 Å². The highest BCUT2D eigenvalue weighted by atomic mass is 15.1. The molecular weight excluding hydrogens is 641 g/mol. The molecule has 8 aromatic rings. The van der Waals surface area contributed by atoms with Crippen molar-refractivity contribution in [3.63, 3.8) is 0 Å². The number of nitrogens with zero attached hydrogens (tertiary/aromatic N) is 2. The fraction of sp³-hybridized carbons (Fsp3) is 0.0588. The van der Waals surface area contributed by atoms with Crippen LogP contribution in [0.5, 0.6) is 0 Å². The Hall–Kier alpha value is -6.64. The highest BCUT2D eigenvalue weighted by molar-refractivity contribution is 5.91. The van der Waals surface area contributed by atoms with Crippen molar-refractivity contribution in [1.29, 1.82) is 0 Å². The van der Waals surface area contributed by atoms with Gasteiger partial charge in [0.05, 0.1) is 5.41 Å². The highest BCUT2D eigenvalue weighted by Crippen LogP contribution is 2.58. The van der Waals surface area contributed by atoms with Gasteiger partial charge in [0.1, 0.15) is 0 Å². The lowest BCUT2D eigenvalue weighted by Gasteiger charge is -2.35. The zero-order valence-electron chi connectivity index (χ0n) is 30.0. The van der Waals surface area contributed by atoms with Crippen molar-refractivity contribution in [1.82, 2.24) is 0 Å². The van der Waals surface area contributed by atoms with E-state index >= 15 is 0 Å². The number of aryl methyl sites for hydroxylation is 2. The van der Waals surface area contributed by atoms with E-state index in [1.54, 1.807) is 0 Å². The molecule has 0 bridgehead atoms. The number of hydrogen-bond acceptors (Lipinski definition) is 2. The summed E-state index contributed by atoms with van der Waals surface area (Å²) in [6.45, 7) is 4.28. The Morgan fingerprint density at radius 1 is 0.302 bits per heavy atom. The van der Waals surface area contributed by atoms with Gasteiger partial charge in [-0.1, -0.05) is 145 Å². The third-order valence-corrected chi connectivity index (χ3v) is 10.6. The van der Waals surface area contributed by atoms with Crippen LogP contribution in [-0.2, 0) is 5.41 Å². The minimum atomic E-state index is -0.579. The van der Waals surface area contributed by atoms with E-state index in [9.17, 15) is 0 Å². The van der Waals surface area contributed by atoms with Crippen molar-refractivity contribution in [2.75, 3.05) is 9.80 Å². The quantitative estimate of drug-likeness (QED) is 0.158. The molecule has 0 fully saturated rings. The van der Waals surface area contributed by atoms with Crippen molar-refractivity contribution < 1.29 is 0 Å². The van der Waals surface area contributed by atoms with E-state index in [0.29, 0.717) is 0 Å². The van der Waals surface area contributed by atoms with Gasteiger partial charge in [0.15, 0.2) is 0 Å². The average molecular weight is 681 g/mol. The molecule has 53 heavy (non-hydrogen) atoms. The van der Waals surface area contributed by atoms with Crippen LogP contribution in [0.2, 0.25) is 0 Å². The number of fused-ring (bicyclic) bond motifs is 3. The molecule has 0 amide bonds. The van der Waals surface area contributed by atoms with Gasteiger partial charge in [-0.2, -0.15) is 0 Å². The molecule has 0 unspecified atom stereocenters. The Morgan fingerprint density at radius 3 is 0.962 bits per heavy atom. The van der Waals surface area contributed by atoms with Crippen molar-refractivity contribution in [2.45, 2.75) is 19.3 Å². The number of para-hydroxylation sites is 2. The Labute approximate surface area is 312 Å². The number of hydrogen-bond donors (Lipinski definition) is 0. The average Bonchev–Trinajstić information content (AvgIpc) is 3.51. The van der Waals surface area contributed by atoms with Gasteiger partial charge < -0.3 is 9.80 Å². The van der Waals surface area contributed by atoms with Crippen molar-refractivity contribution in [3.05, 3.63) is 240 Å². The van der Waals surface area contributed by atoms with Gasteiger partial charge in [0, 0.05) is 34.1 Å². The topological polar surface area (TPSA) is 6.48 Å². The standard InChI is InChI=1S/C51H40N2/c1-37-23-27-43(28-24-37)52(41-19-11-5-12-20-41)45-31-33-47-48-34-32-46(53(42-21-13-6-14-22-42)44-29-25-38(2)26-30-44)36-50(48)51(49(47)35-45,39-15-7-3-8-16-39)40-17-9-4-10-18-40/h3-36H,1-2H3. The summed E-state index contributed by atoms with van der Waals surface area (Å²) < 4.78 is 0. The van der Waals surface area contributed by atoms with E-state index in [-0.39, 0.29) is 0 Å². The number of benzene rings is 8. The van der Waals surface area contributed by atoms with E-state index in [2.05, 4.69) is 230 Å². The maximum absolute atomic E-state index is 2.44. The van der Waals surface area contributed by atoms with Crippen LogP contribution in [0, 0.1) is 13.8 Å². The molecule has 2 nitrogen and oxygen atoms in total. The van der Waals surface area contributed by atoms with Gasteiger partial charge >= 0.3 is 0 Å². The summed E-state index contributed by atoms with van der Waals surface area (Å²) in [4.78, 5) is 4.76. The first-order valence-corrected chi connectivity index (χ1v) is 18.4. The summed E-state index contributed by atoms with van der Waals surface area (Å²) in [7, 11) is 0. The first kappa shape index (κ1) is 32.3. The van der Waals surface area contributed by atoms with Crippen molar-refractivity contribution in [2.24, 2.45) is 0 Å². The zero-order valence-corrected chi connectivity index (χ0v) is 30.0. The van der Waals surface area contributed by atoms with Crippen molar-refractivity contribution in [3.8, 4) is 11.1 Å². The smallest absolute Gasteiger partial charge is 0.0715 e. The van der Waals surface area contributed by atoms with E-state index in [1.165, 1.54) is 44.5 Å². The summed E-state index contributed by atoms with van der Waals surface area (Å²) in [5.41, 5.74) is 16.2. The lowest BCUT2D eigenvalue weighted by Crippen LogP contribution is -2.29. The molecular formula is C51H40N2. The van der Waals surface area contributed by atoms with Crippen molar-refractivity contribution >= 4 is 34.1 Å². The van der Waals surface area contributed by atoms with Gasteiger partial charge in [-0.3, -0.25) is 0 Å². The molecule has 2 heteroatoms. The van der Waals surface area contributed by atoms with Gasteiger partial charge in [0.2, 0.25) is 0 Å². The fourth-order valence-corrected chi connectivity index (χ4v) is 8.18. The fourth-order valence-electron chi connectivity index (χ4n) is 8.18. The molecule has 0 atom stereocenters. The molecule has 254 valence electrons. The predicted molar refractivity (Wildman–Crippen MR) is 223 cm³/mol. The van der Waals surface area contributed by atoms with Crippen LogP contribution in [0.15, 0.2) is 206 Å². The van der Waals surface area contributed by atoms with Crippen LogP contribution in [-0.4, -0.2) is 0 Å². The number of anilines is 6. The summed E-state index contributed by atoms with van der Waals surface area (Å²) in [6, 6.07) is 75.4. The molecule has 0 radical (unpaired) electrons. The molecule has 1 aliphatic carbocycles. The third kappa shape index (κ3) is 5.60. The van der Waals surface area contributed by atoms with Gasteiger partial charge in [-0.05, 0) is 120 Å². The second-order valence-corrected chi connectivity index (χ2v) is 14.0. The molecule has 0 saturated heterocycles. The minimum Gasteiger partial charge on any atom is -0.310 e. The van der Waals surface area contributed by atoms with Crippen LogP contribution in [0.4, 0.5) is 34.1 Å². The van der Waals surface area contributed by atoms with Crippen LogP contribution < -0.4 is 9.80 Å². The van der Waals surface area contributed by atoms with Crippen LogP contribution in [0.25, 0.3) is 11.1 Å². The monoisotopic (exact) mass is 680 g/mol. The van der Waals surface area contributed by atoms with E-state index in [1.807, 2.05) is 0 Å². The largest absolute Gasteiger partial charge is 0.310 e. The Bertz CT molecular complexity index is 2310. The number of rotatable bonds is 8. The zero-order chi connectivity index (χ0) is 35.8. The third-order valence-electron chi connectivity index (χ3n) is 10.6. The molecule has 0 spiro atoms. The van der Waals surface area contributed by atoms with Gasteiger partial charge in [-0.25, -0.2) is 0 Å². The normalized spacial score (nSPS) is 12.5. The Kier molecular flexibility index (Phi) is 8.21. The Morgan fingerprint density at radius 2 is 0.604 bits per heavy atom. The van der Waals surface area contributed by atoms with E-state index in [4.69, 9.17) is 0 Å². The predicted octanol–water partition coefficient (Wildman–Crippen LogP) is 13.6. The van der Waals surface area contributed by atoms with E-state index < -0.39 is 5.41 Å². The Balaban J connectivity index is 1.33. The maximum Gasteiger partial charge on any atom is 0.0715 e. The van der Waals surface area contributed by atoms with Gasteiger partial charge in [-0.15, -0.1) is 0 Å². The first-order valence-electron chi connectivity index (χ1n) is 18.4. The van der Waals surface area contributed by atoms with Crippen LogP contribution in [0.3, 0.4) is 0 Å². The second-order valence-electron chi connectivity index (χ2n) is 14.0. The molecule has 0 saturated carbocycles. The summed E-state index contributed by atoms with van der Waals surface area (Å²) in [6.07, 6.45) is 0. The highest BCUT2D eigenvalue weighted by Gasteiger charge is 2.47. The first-order chi connectivity index (χ1) is 26.1. The minimum absolute atomic E-state index is 0.579. The summed E-state index contributed by atoms with van der Waals surface area (Å²) in [5.74, 6) is 0. The lowest BCUT2D eigenvalue weighted by molar-refractivity contribution is 0.768. The molecule has 8 aromatic carbocycles.